The van der Waals surface area contributed by atoms with Crippen molar-refractivity contribution in [1.29, 1.82) is 0 Å². The third-order valence-electron chi connectivity index (χ3n) is 4.17. The molecule has 0 aliphatic carbocycles. The number of carbonyl (C=O) groups is 2. The van der Waals surface area contributed by atoms with Crippen LogP contribution in [-0.4, -0.2) is 30.1 Å². The second-order valence-corrected chi connectivity index (χ2v) is 7.34. The first kappa shape index (κ1) is 20.5. The van der Waals surface area contributed by atoms with Crippen molar-refractivity contribution in [1.82, 2.24) is 4.98 Å². The lowest BCUT2D eigenvalue weighted by Crippen LogP contribution is -2.15. The highest BCUT2D eigenvalue weighted by Crippen LogP contribution is 2.41. The van der Waals surface area contributed by atoms with Crippen molar-refractivity contribution < 1.29 is 19.1 Å². The van der Waals surface area contributed by atoms with Crippen LogP contribution in [0.5, 0.6) is 5.75 Å². The van der Waals surface area contributed by atoms with E-state index in [1.807, 2.05) is 38.1 Å². The summed E-state index contributed by atoms with van der Waals surface area (Å²) in [7, 11) is 0. The van der Waals surface area contributed by atoms with Crippen LogP contribution in [0, 0.1) is 6.92 Å². The van der Waals surface area contributed by atoms with Gasteiger partial charge in [-0.3, -0.25) is 9.78 Å². The molecule has 3 rings (SSSR count). The van der Waals surface area contributed by atoms with Gasteiger partial charge < -0.3 is 14.8 Å². The van der Waals surface area contributed by atoms with Crippen molar-refractivity contribution in [3.05, 3.63) is 64.8 Å². The third-order valence-corrected chi connectivity index (χ3v) is 5.19. The molecule has 0 aliphatic heterocycles. The van der Waals surface area contributed by atoms with Gasteiger partial charge in [0.2, 0.25) is 0 Å². The first-order valence-corrected chi connectivity index (χ1v) is 10.1. The molecule has 150 valence electrons. The Hall–Kier alpha value is -3.19. The van der Waals surface area contributed by atoms with Gasteiger partial charge in [0.05, 0.1) is 18.8 Å². The minimum absolute atomic E-state index is 0.242. The van der Waals surface area contributed by atoms with Crippen LogP contribution >= 0.6 is 11.3 Å². The van der Waals surface area contributed by atoms with Crippen LogP contribution in [0.25, 0.3) is 11.1 Å². The van der Waals surface area contributed by atoms with Gasteiger partial charge in [-0.2, -0.15) is 0 Å². The van der Waals surface area contributed by atoms with Crippen LogP contribution < -0.4 is 10.1 Å². The number of hydrogen-bond donors (Lipinski definition) is 1. The van der Waals surface area contributed by atoms with Gasteiger partial charge in [0.25, 0.3) is 5.91 Å². The fourth-order valence-electron chi connectivity index (χ4n) is 2.94. The van der Waals surface area contributed by atoms with Gasteiger partial charge in [-0.25, -0.2) is 4.79 Å². The van der Waals surface area contributed by atoms with E-state index in [2.05, 4.69) is 10.3 Å². The Morgan fingerprint density at radius 1 is 1.10 bits per heavy atom. The number of amides is 1. The molecule has 2 aromatic heterocycles. The van der Waals surface area contributed by atoms with E-state index >= 15 is 0 Å². The zero-order chi connectivity index (χ0) is 20.8. The molecular weight excluding hydrogens is 388 g/mol. The highest BCUT2D eigenvalue weighted by atomic mass is 32.1. The lowest BCUT2D eigenvalue weighted by molar-refractivity contribution is 0.0529. The molecule has 0 saturated heterocycles. The molecule has 29 heavy (non-hydrogen) atoms. The summed E-state index contributed by atoms with van der Waals surface area (Å²) in [5.41, 5.74) is 2.37. The van der Waals surface area contributed by atoms with Crippen LogP contribution in [0.4, 0.5) is 5.00 Å². The van der Waals surface area contributed by atoms with E-state index in [1.54, 1.807) is 25.3 Å². The average Bonchev–Trinajstić information content (AvgIpc) is 3.05. The second-order valence-electron chi connectivity index (χ2n) is 6.11. The van der Waals surface area contributed by atoms with Gasteiger partial charge >= 0.3 is 5.97 Å². The number of thiophene rings is 1. The lowest BCUT2D eigenvalue weighted by Gasteiger charge is -2.10. The Bertz CT molecular complexity index is 998. The van der Waals surface area contributed by atoms with Crippen molar-refractivity contribution in [3.63, 3.8) is 0 Å². The molecule has 3 aromatic rings. The largest absolute Gasteiger partial charge is 0.494 e. The molecule has 0 saturated carbocycles. The number of aryl methyl sites for hydroxylation is 1. The molecule has 2 heterocycles. The normalized spacial score (nSPS) is 10.4. The zero-order valence-electron chi connectivity index (χ0n) is 16.5. The maximum atomic E-state index is 12.8. The Labute approximate surface area is 173 Å². The first-order chi connectivity index (χ1) is 14.0. The quantitative estimate of drug-likeness (QED) is 0.558. The molecule has 0 aliphatic rings. The number of anilines is 1. The molecule has 0 radical (unpaired) electrons. The third kappa shape index (κ3) is 4.63. The molecule has 1 N–H and O–H groups in total. The van der Waals surface area contributed by atoms with E-state index in [1.165, 1.54) is 17.5 Å². The molecule has 1 amide bonds. The van der Waals surface area contributed by atoms with Crippen LogP contribution in [0.1, 0.15) is 39.4 Å². The van der Waals surface area contributed by atoms with Gasteiger partial charge in [0.15, 0.2) is 0 Å². The summed E-state index contributed by atoms with van der Waals surface area (Å²) in [5, 5.41) is 3.30. The summed E-state index contributed by atoms with van der Waals surface area (Å²) in [4.78, 5) is 30.2. The van der Waals surface area contributed by atoms with Crippen LogP contribution in [0.2, 0.25) is 0 Å². The molecule has 7 heteroatoms. The molecule has 0 unspecified atom stereocenters. The van der Waals surface area contributed by atoms with E-state index in [9.17, 15) is 9.59 Å². The molecule has 0 bridgehead atoms. The van der Waals surface area contributed by atoms with Gasteiger partial charge in [0, 0.05) is 22.8 Å². The maximum Gasteiger partial charge on any atom is 0.341 e. The number of rotatable bonds is 7. The summed E-state index contributed by atoms with van der Waals surface area (Å²) in [6, 6.07) is 10.9. The van der Waals surface area contributed by atoms with E-state index < -0.39 is 5.97 Å². The Kier molecular flexibility index (Phi) is 6.61. The number of aromatic nitrogens is 1. The highest BCUT2D eigenvalue weighted by molar-refractivity contribution is 7.17. The Morgan fingerprint density at radius 3 is 2.48 bits per heavy atom. The first-order valence-electron chi connectivity index (χ1n) is 9.30. The molecule has 1 aromatic carbocycles. The maximum absolute atomic E-state index is 12.8. The second kappa shape index (κ2) is 9.34. The Balaban J connectivity index is 2.02. The van der Waals surface area contributed by atoms with Crippen molar-refractivity contribution in [2.24, 2.45) is 0 Å². The van der Waals surface area contributed by atoms with Crippen molar-refractivity contribution in [3.8, 4) is 16.9 Å². The average molecular weight is 410 g/mol. The minimum atomic E-state index is -0.470. The number of pyridine rings is 1. The van der Waals surface area contributed by atoms with E-state index in [0.29, 0.717) is 22.7 Å². The molecule has 6 nitrogen and oxygen atoms in total. The van der Waals surface area contributed by atoms with Crippen molar-refractivity contribution >= 4 is 28.2 Å². The summed E-state index contributed by atoms with van der Waals surface area (Å²) in [6.45, 7) is 6.41. The van der Waals surface area contributed by atoms with Crippen molar-refractivity contribution in [2.45, 2.75) is 20.8 Å². The summed E-state index contributed by atoms with van der Waals surface area (Å²) in [6.07, 6.45) is 3.08. The number of ether oxygens (including phenoxy) is 2. The van der Waals surface area contributed by atoms with E-state index in [0.717, 1.165) is 21.8 Å². The number of carbonyl (C=O) groups excluding carboxylic acids is 2. The smallest absolute Gasteiger partial charge is 0.341 e. The van der Waals surface area contributed by atoms with Crippen LogP contribution in [-0.2, 0) is 4.74 Å². The van der Waals surface area contributed by atoms with Crippen molar-refractivity contribution in [2.75, 3.05) is 18.5 Å². The topological polar surface area (TPSA) is 77.5 Å². The van der Waals surface area contributed by atoms with E-state index in [-0.39, 0.29) is 12.5 Å². The summed E-state index contributed by atoms with van der Waals surface area (Å²) >= 11 is 1.34. The molecule has 0 fully saturated rings. The number of esters is 1. The Morgan fingerprint density at radius 2 is 1.86 bits per heavy atom. The van der Waals surface area contributed by atoms with Crippen LogP contribution in [0.3, 0.4) is 0 Å². The standard InChI is InChI=1S/C22H22N2O4S/c1-4-27-17-10-8-15(9-11-17)18-14(3)29-21(19(18)22(26)28-5-2)24-20(25)16-7-6-12-23-13-16/h6-13H,4-5H2,1-3H3,(H,24,25). The predicted molar refractivity (Wildman–Crippen MR) is 114 cm³/mol. The van der Waals surface area contributed by atoms with Crippen LogP contribution in [0.15, 0.2) is 48.8 Å². The lowest BCUT2D eigenvalue weighted by atomic mass is 10.0. The SMILES string of the molecule is CCOC(=O)c1c(NC(=O)c2cccnc2)sc(C)c1-c1ccc(OCC)cc1. The fraction of sp³-hybridized carbons (Fsp3) is 0.227. The molecule has 0 atom stereocenters. The predicted octanol–water partition coefficient (Wildman–Crippen LogP) is 4.95. The van der Waals surface area contributed by atoms with Gasteiger partial charge in [-0.15, -0.1) is 11.3 Å². The van der Waals surface area contributed by atoms with Gasteiger partial charge in [-0.05, 0) is 50.6 Å². The molecular formula is C22H22N2O4S. The van der Waals surface area contributed by atoms with Gasteiger partial charge in [0.1, 0.15) is 16.3 Å². The highest BCUT2D eigenvalue weighted by Gasteiger charge is 2.25. The fourth-order valence-corrected chi connectivity index (χ4v) is 3.99. The number of nitrogens with one attached hydrogen (secondary N) is 1. The number of benzene rings is 1. The number of hydrogen-bond acceptors (Lipinski definition) is 6. The summed E-state index contributed by atoms with van der Waals surface area (Å²) in [5.74, 6) is -0.0442. The zero-order valence-corrected chi connectivity index (χ0v) is 17.3. The monoisotopic (exact) mass is 410 g/mol. The van der Waals surface area contributed by atoms with Gasteiger partial charge in [-0.1, -0.05) is 12.1 Å². The summed E-state index contributed by atoms with van der Waals surface area (Å²) < 4.78 is 10.8. The number of nitrogens with zero attached hydrogens (tertiary/aromatic N) is 1. The van der Waals surface area contributed by atoms with E-state index in [4.69, 9.17) is 9.47 Å². The minimum Gasteiger partial charge on any atom is -0.494 e. The molecule has 0 spiro atoms.